The molecule has 3 rings (SSSR count). The lowest BCUT2D eigenvalue weighted by atomic mass is 9.94. The van der Waals surface area contributed by atoms with Gasteiger partial charge in [-0.1, -0.05) is 0 Å². The number of nitro groups is 1. The number of hydrogen-bond acceptors (Lipinski definition) is 7. The number of benzene rings is 1. The average Bonchev–Trinajstić information content (AvgIpc) is 2.70. The van der Waals surface area contributed by atoms with E-state index in [0.29, 0.717) is 37.1 Å². The second-order valence-corrected chi connectivity index (χ2v) is 8.17. The van der Waals surface area contributed by atoms with Crippen molar-refractivity contribution in [1.29, 1.82) is 5.26 Å². The molecule has 0 unspecified atom stereocenters. The molecule has 0 aliphatic heterocycles. The number of aromatic nitrogens is 1. The zero-order valence-electron chi connectivity index (χ0n) is 14.8. The van der Waals surface area contributed by atoms with Crippen LogP contribution in [0.4, 0.5) is 5.69 Å². The fourth-order valence-electron chi connectivity index (χ4n) is 3.02. The van der Waals surface area contributed by atoms with E-state index in [0.717, 1.165) is 0 Å². The summed E-state index contributed by atoms with van der Waals surface area (Å²) in [6.07, 6.45) is 3.91. The van der Waals surface area contributed by atoms with E-state index in [1.165, 1.54) is 30.5 Å². The molecule has 1 heterocycles. The van der Waals surface area contributed by atoms with E-state index in [-0.39, 0.29) is 22.7 Å². The number of non-ortho nitro benzene ring substituents is 1. The normalized spacial score (nSPS) is 19.5. The Kier molecular flexibility index (Phi) is 5.87. The summed E-state index contributed by atoms with van der Waals surface area (Å²) in [7, 11) is -3.74. The number of nitriles is 1. The molecule has 1 aromatic carbocycles. The van der Waals surface area contributed by atoms with Crippen molar-refractivity contribution in [2.45, 2.75) is 42.7 Å². The van der Waals surface area contributed by atoms with Gasteiger partial charge < -0.3 is 4.74 Å². The molecule has 1 aromatic heterocycles. The average molecular weight is 402 g/mol. The van der Waals surface area contributed by atoms with E-state index in [1.54, 1.807) is 12.1 Å². The van der Waals surface area contributed by atoms with E-state index in [2.05, 4.69) is 9.71 Å². The zero-order chi connectivity index (χ0) is 20.1. The zero-order valence-corrected chi connectivity index (χ0v) is 15.6. The third kappa shape index (κ3) is 4.82. The Bertz CT molecular complexity index is 976. The lowest BCUT2D eigenvalue weighted by Gasteiger charge is -2.29. The lowest BCUT2D eigenvalue weighted by Crippen LogP contribution is -2.39. The molecule has 1 saturated carbocycles. The fourth-order valence-corrected chi connectivity index (χ4v) is 4.32. The highest BCUT2D eigenvalue weighted by Crippen LogP contribution is 2.24. The Labute approximate surface area is 162 Å². The Morgan fingerprint density at radius 1 is 1.14 bits per heavy atom. The van der Waals surface area contributed by atoms with Gasteiger partial charge in [-0.3, -0.25) is 10.1 Å². The standard InChI is InChI=1S/C18H18N4O5S/c19-11-13-1-10-18(20-12-13)27-16-6-2-14(3-7-16)21-28(25,26)17-8-4-15(5-9-17)22(23)24/h1,4-5,8-10,12,14,16,21H,2-3,6-7H2. The third-order valence-corrected chi connectivity index (χ3v) is 6.04. The van der Waals surface area contributed by atoms with Gasteiger partial charge in [0, 0.05) is 30.4 Å². The number of nitrogens with one attached hydrogen (secondary N) is 1. The molecule has 1 N–H and O–H groups in total. The molecule has 0 spiro atoms. The largest absolute Gasteiger partial charge is 0.474 e. The van der Waals surface area contributed by atoms with Crippen LogP contribution in [-0.2, 0) is 10.0 Å². The van der Waals surface area contributed by atoms with Gasteiger partial charge in [0.2, 0.25) is 15.9 Å². The van der Waals surface area contributed by atoms with Crippen molar-refractivity contribution >= 4 is 15.7 Å². The van der Waals surface area contributed by atoms with Gasteiger partial charge in [-0.25, -0.2) is 18.1 Å². The topological polar surface area (TPSA) is 135 Å². The number of ether oxygens (including phenoxy) is 1. The summed E-state index contributed by atoms with van der Waals surface area (Å²) < 4.78 is 33.4. The number of rotatable bonds is 6. The van der Waals surface area contributed by atoms with Crippen LogP contribution in [0.25, 0.3) is 0 Å². The number of nitro benzene ring substituents is 1. The van der Waals surface area contributed by atoms with Gasteiger partial charge in [0.1, 0.15) is 12.2 Å². The molecule has 1 fully saturated rings. The van der Waals surface area contributed by atoms with Gasteiger partial charge in [0.15, 0.2) is 0 Å². The second kappa shape index (κ2) is 8.33. The molecular formula is C18H18N4O5S. The highest BCUT2D eigenvalue weighted by atomic mass is 32.2. The number of sulfonamides is 1. The van der Waals surface area contributed by atoms with Crippen LogP contribution in [0.5, 0.6) is 5.88 Å². The monoisotopic (exact) mass is 402 g/mol. The minimum atomic E-state index is -3.74. The molecule has 0 bridgehead atoms. The number of pyridine rings is 1. The Hall–Kier alpha value is -3.03. The Morgan fingerprint density at radius 2 is 1.82 bits per heavy atom. The summed E-state index contributed by atoms with van der Waals surface area (Å²) in [5.74, 6) is 0.439. The van der Waals surface area contributed by atoms with Gasteiger partial charge in [0.05, 0.1) is 15.4 Å². The Balaban J connectivity index is 1.54. The Morgan fingerprint density at radius 3 is 2.36 bits per heavy atom. The third-order valence-electron chi connectivity index (χ3n) is 4.51. The van der Waals surface area contributed by atoms with Crippen LogP contribution in [0.2, 0.25) is 0 Å². The molecule has 0 amide bonds. The van der Waals surface area contributed by atoms with Crippen LogP contribution in [0.3, 0.4) is 0 Å². The van der Waals surface area contributed by atoms with Gasteiger partial charge in [-0.05, 0) is 43.9 Å². The summed E-state index contributed by atoms with van der Waals surface area (Å²) in [5, 5.41) is 19.5. The van der Waals surface area contributed by atoms with E-state index in [9.17, 15) is 18.5 Å². The van der Waals surface area contributed by atoms with Crippen LogP contribution in [0.1, 0.15) is 31.2 Å². The molecule has 1 aliphatic rings. The lowest BCUT2D eigenvalue weighted by molar-refractivity contribution is -0.384. The molecule has 0 radical (unpaired) electrons. The van der Waals surface area contributed by atoms with Crippen LogP contribution in [0, 0.1) is 21.4 Å². The van der Waals surface area contributed by atoms with Crippen molar-refractivity contribution in [2.24, 2.45) is 0 Å². The minimum absolute atomic E-state index is 0.00161. The predicted molar refractivity (Wildman–Crippen MR) is 99.0 cm³/mol. The maximum absolute atomic E-state index is 12.5. The van der Waals surface area contributed by atoms with E-state index < -0.39 is 14.9 Å². The predicted octanol–water partition coefficient (Wildman–Crippen LogP) is 2.53. The van der Waals surface area contributed by atoms with Crippen molar-refractivity contribution in [1.82, 2.24) is 9.71 Å². The molecule has 10 heteroatoms. The van der Waals surface area contributed by atoms with E-state index >= 15 is 0 Å². The first-order chi connectivity index (χ1) is 13.4. The van der Waals surface area contributed by atoms with Crippen molar-refractivity contribution in [3.8, 4) is 11.9 Å². The summed E-state index contributed by atoms with van der Waals surface area (Å²) in [5.41, 5.74) is 0.296. The van der Waals surface area contributed by atoms with Crippen LogP contribution in [0.15, 0.2) is 47.5 Å². The summed E-state index contributed by atoms with van der Waals surface area (Å²) in [6.45, 7) is 0. The molecule has 9 nitrogen and oxygen atoms in total. The van der Waals surface area contributed by atoms with E-state index in [4.69, 9.17) is 10.00 Å². The molecule has 1 aliphatic carbocycles. The minimum Gasteiger partial charge on any atom is -0.474 e. The smallest absolute Gasteiger partial charge is 0.269 e. The fraction of sp³-hybridized carbons (Fsp3) is 0.333. The van der Waals surface area contributed by atoms with Crippen LogP contribution in [-0.4, -0.2) is 30.5 Å². The molecule has 2 aromatic rings. The van der Waals surface area contributed by atoms with Gasteiger partial charge >= 0.3 is 0 Å². The summed E-state index contributed by atoms with van der Waals surface area (Å²) in [4.78, 5) is 14.2. The molecule has 28 heavy (non-hydrogen) atoms. The summed E-state index contributed by atoms with van der Waals surface area (Å²) >= 11 is 0. The quantitative estimate of drug-likeness (QED) is 0.579. The first-order valence-corrected chi connectivity index (χ1v) is 10.2. The van der Waals surface area contributed by atoms with Gasteiger partial charge in [-0.15, -0.1) is 0 Å². The van der Waals surface area contributed by atoms with Crippen molar-refractivity contribution in [2.75, 3.05) is 0 Å². The molecular weight excluding hydrogens is 384 g/mol. The van der Waals surface area contributed by atoms with Crippen LogP contribution < -0.4 is 9.46 Å². The SMILES string of the molecule is N#Cc1ccc(OC2CCC(NS(=O)(=O)c3ccc([N+](=O)[O-])cc3)CC2)nc1. The molecule has 0 saturated heterocycles. The van der Waals surface area contributed by atoms with Crippen molar-refractivity contribution in [3.05, 3.63) is 58.3 Å². The van der Waals surface area contributed by atoms with Gasteiger partial charge in [-0.2, -0.15) is 5.26 Å². The first-order valence-electron chi connectivity index (χ1n) is 8.67. The van der Waals surface area contributed by atoms with Crippen LogP contribution >= 0.6 is 0 Å². The number of hydrogen-bond donors (Lipinski definition) is 1. The van der Waals surface area contributed by atoms with Crippen molar-refractivity contribution < 1.29 is 18.1 Å². The van der Waals surface area contributed by atoms with Gasteiger partial charge in [0.25, 0.3) is 5.69 Å². The maximum atomic E-state index is 12.5. The van der Waals surface area contributed by atoms with E-state index in [1.807, 2.05) is 6.07 Å². The second-order valence-electron chi connectivity index (χ2n) is 6.46. The first kappa shape index (κ1) is 19.7. The maximum Gasteiger partial charge on any atom is 0.269 e. The summed E-state index contributed by atoms with van der Waals surface area (Å²) in [6, 6.07) is 9.83. The number of nitrogens with zero attached hydrogens (tertiary/aromatic N) is 3. The highest BCUT2D eigenvalue weighted by Gasteiger charge is 2.27. The molecule has 146 valence electrons. The molecule has 0 atom stereocenters. The highest BCUT2D eigenvalue weighted by molar-refractivity contribution is 7.89. The van der Waals surface area contributed by atoms with Crippen molar-refractivity contribution in [3.63, 3.8) is 0 Å².